The smallest absolute Gasteiger partial charge is 0.0435 e. The summed E-state index contributed by atoms with van der Waals surface area (Å²) in [6.45, 7) is 6.39. The highest BCUT2D eigenvalue weighted by molar-refractivity contribution is 6.31. The van der Waals surface area contributed by atoms with Crippen molar-refractivity contribution >= 4 is 11.6 Å². The molecular weight excluding hydrogens is 240 g/mol. The fraction of sp³-hybridized carbons (Fsp3) is 0.294. The first-order valence-electron chi connectivity index (χ1n) is 6.37. The normalized spacial score (nSPS) is 10.7. The van der Waals surface area contributed by atoms with Crippen LogP contribution in [0.4, 0.5) is 0 Å². The molecule has 0 atom stereocenters. The molecule has 0 aliphatic carbocycles. The van der Waals surface area contributed by atoms with Gasteiger partial charge in [-0.2, -0.15) is 0 Å². The van der Waals surface area contributed by atoms with E-state index in [2.05, 4.69) is 51.1 Å². The standard InChI is InChI=1S/C17H19Cl/c1-12-4-7-16(13(2)10-12)8-5-15-6-9-17(18)14(3)11-15/h4,6-7,9-11H,5,8H2,1-3H3. The minimum absolute atomic E-state index is 0.852. The predicted octanol–water partition coefficient (Wildman–Crippen LogP) is 5.05. The Morgan fingerprint density at radius 3 is 2.28 bits per heavy atom. The number of hydrogen-bond donors (Lipinski definition) is 0. The van der Waals surface area contributed by atoms with E-state index in [-0.39, 0.29) is 0 Å². The molecule has 0 fully saturated rings. The van der Waals surface area contributed by atoms with Crippen LogP contribution in [0, 0.1) is 20.8 Å². The van der Waals surface area contributed by atoms with Crippen molar-refractivity contribution in [1.82, 2.24) is 0 Å². The van der Waals surface area contributed by atoms with Crippen molar-refractivity contribution < 1.29 is 0 Å². The van der Waals surface area contributed by atoms with Crippen molar-refractivity contribution in [3.8, 4) is 0 Å². The van der Waals surface area contributed by atoms with E-state index >= 15 is 0 Å². The number of benzene rings is 2. The number of rotatable bonds is 3. The summed E-state index contributed by atoms with van der Waals surface area (Å²) in [6, 6.07) is 13.0. The zero-order valence-electron chi connectivity index (χ0n) is 11.3. The van der Waals surface area contributed by atoms with Gasteiger partial charge >= 0.3 is 0 Å². The summed E-state index contributed by atoms with van der Waals surface area (Å²) in [6.07, 6.45) is 2.16. The Labute approximate surface area is 115 Å². The summed E-state index contributed by atoms with van der Waals surface area (Å²) in [5.74, 6) is 0. The molecule has 0 amide bonds. The van der Waals surface area contributed by atoms with Gasteiger partial charge in [-0.25, -0.2) is 0 Å². The highest BCUT2D eigenvalue weighted by Crippen LogP contribution is 2.18. The summed E-state index contributed by atoms with van der Waals surface area (Å²) in [4.78, 5) is 0. The summed E-state index contributed by atoms with van der Waals surface area (Å²) >= 11 is 6.04. The maximum atomic E-state index is 6.04. The van der Waals surface area contributed by atoms with Gasteiger partial charge < -0.3 is 0 Å². The summed E-state index contributed by atoms with van der Waals surface area (Å²) in [5.41, 5.74) is 6.68. The first-order valence-corrected chi connectivity index (χ1v) is 6.75. The quantitative estimate of drug-likeness (QED) is 0.723. The zero-order valence-corrected chi connectivity index (χ0v) is 12.0. The van der Waals surface area contributed by atoms with Gasteiger partial charge in [0.05, 0.1) is 0 Å². The molecule has 1 heteroatoms. The van der Waals surface area contributed by atoms with Crippen LogP contribution in [0.15, 0.2) is 36.4 Å². The van der Waals surface area contributed by atoms with E-state index in [4.69, 9.17) is 11.6 Å². The van der Waals surface area contributed by atoms with Crippen LogP contribution in [0.1, 0.15) is 27.8 Å². The fourth-order valence-corrected chi connectivity index (χ4v) is 2.39. The highest BCUT2D eigenvalue weighted by atomic mass is 35.5. The Hall–Kier alpha value is -1.27. The van der Waals surface area contributed by atoms with Gasteiger partial charge in [0.25, 0.3) is 0 Å². The van der Waals surface area contributed by atoms with Crippen LogP contribution >= 0.6 is 11.6 Å². The Morgan fingerprint density at radius 2 is 1.61 bits per heavy atom. The number of halogens is 1. The van der Waals surface area contributed by atoms with Gasteiger partial charge in [-0.15, -0.1) is 0 Å². The Morgan fingerprint density at radius 1 is 0.833 bits per heavy atom. The van der Waals surface area contributed by atoms with Gasteiger partial charge in [-0.05, 0) is 61.9 Å². The molecule has 18 heavy (non-hydrogen) atoms. The van der Waals surface area contributed by atoms with Gasteiger partial charge in [-0.3, -0.25) is 0 Å². The molecule has 0 unspecified atom stereocenters. The third-order valence-corrected chi connectivity index (χ3v) is 3.83. The van der Waals surface area contributed by atoms with Crippen LogP contribution in [0.5, 0.6) is 0 Å². The Balaban J connectivity index is 2.09. The summed E-state index contributed by atoms with van der Waals surface area (Å²) in [7, 11) is 0. The lowest BCUT2D eigenvalue weighted by Gasteiger charge is -2.08. The molecule has 0 aliphatic heterocycles. The van der Waals surface area contributed by atoms with Gasteiger partial charge in [0.15, 0.2) is 0 Å². The van der Waals surface area contributed by atoms with Crippen molar-refractivity contribution in [2.24, 2.45) is 0 Å². The minimum Gasteiger partial charge on any atom is -0.0841 e. The molecule has 0 aliphatic rings. The Kier molecular flexibility index (Phi) is 4.08. The van der Waals surface area contributed by atoms with Crippen LogP contribution in [-0.4, -0.2) is 0 Å². The lowest BCUT2D eigenvalue weighted by atomic mass is 9.98. The third-order valence-electron chi connectivity index (χ3n) is 3.40. The second-order valence-electron chi connectivity index (χ2n) is 5.01. The molecular formula is C17H19Cl. The summed E-state index contributed by atoms with van der Waals surface area (Å²) < 4.78 is 0. The molecule has 0 aromatic heterocycles. The largest absolute Gasteiger partial charge is 0.0841 e. The molecule has 0 saturated heterocycles. The van der Waals surface area contributed by atoms with Crippen molar-refractivity contribution in [2.75, 3.05) is 0 Å². The number of aryl methyl sites for hydroxylation is 5. The van der Waals surface area contributed by atoms with Crippen molar-refractivity contribution in [3.05, 3.63) is 69.2 Å². The van der Waals surface area contributed by atoms with E-state index < -0.39 is 0 Å². The van der Waals surface area contributed by atoms with Crippen molar-refractivity contribution in [1.29, 1.82) is 0 Å². The SMILES string of the molecule is Cc1ccc(CCc2ccc(Cl)c(C)c2)c(C)c1. The average molecular weight is 259 g/mol. The lowest BCUT2D eigenvalue weighted by molar-refractivity contribution is 0.946. The molecule has 0 radical (unpaired) electrons. The van der Waals surface area contributed by atoms with Crippen molar-refractivity contribution in [2.45, 2.75) is 33.6 Å². The maximum Gasteiger partial charge on any atom is 0.0435 e. The van der Waals surface area contributed by atoms with E-state index in [1.165, 1.54) is 22.3 Å². The second kappa shape index (κ2) is 5.58. The molecule has 2 rings (SSSR count). The lowest BCUT2D eigenvalue weighted by Crippen LogP contribution is -1.95. The minimum atomic E-state index is 0.852. The van der Waals surface area contributed by atoms with Crippen LogP contribution in [0.25, 0.3) is 0 Å². The van der Waals surface area contributed by atoms with E-state index in [0.29, 0.717) is 0 Å². The first kappa shape index (κ1) is 13.2. The molecule has 94 valence electrons. The highest BCUT2D eigenvalue weighted by Gasteiger charge is 2.01. The number of hydrogen-bond acceptors (Lipinski definition) is 0. The van der Waals surface area contributed by atoms with Crippen molar-refractivity contribution in [3.63, 3.8) is 0 Å². The zero-order chi connectivity index (χ0) is 13.1. The van der Waals surface area contributed by atoms with Gasteiger partial charge in [0, 0.05) is 5.02 Å². The molecule has 0 N–H and O–H groups in total. The monoisotopic (exact) mass is 258 g/mol. The molecule has 2 aromatic carbocycles. The molecule has 0 nitrogen and oxygen atoms in total. The average Bonchev–Trinajstić information content (AvgIpc) is 2.32. The van der Waals surface area contributed by atoms with E-state index in [0.717, 1.165) is 23.4 Å². The van der Waals surface area contributed by atoms with E-state index in [9.17, 15) is 0 Å². The van der Waals surface area contributed by atoms with Crippen LogP contribution in [0.3, 0.4) is 0 Å². The van der Waals surface area contributed by atoms with Gasteiger partial charge in [0.1, 0.15) is 0 Å². The molecule has 0 heterocycles. The van der Waals surface area contributed by atoms with Crippen LogP contribution in [-0.2, 0) is 12.8 Å². The summed E-state index contributed by atoms with van der Waals surface area (Å²) in [5, 5.41) is 0.852. The second-order valence-corrected chi connectivity index (χ2v) is 5.42. The fourth-order valence-electron chi connectivity index (χ4n) is 2.27. The van der Waals surface area contributed by atoms with E-state index in [1.54, 1.807) is 0 Å². The molecule has 0 bridgehead atoms. The van der Waals surface area contributed by atoms with Crippen LogP contribution in [0.2, 0.25) is 5.02 Å². The first-order chi connectivity index (χ1) is 8.56. The maximum absolute atomic E-state index is 6.04. The topological polar surface area (TPSA) is 0 Å². The van der Waals surface area contributed by atoms with Gasteiger partial charge in [-0.1, -0.05) is 47.5 Å². The third kappa shape index (κ3) is 3.14. The molecule has 0 saturated carbocycles. The van der Waals surface area contributed by atoms with E-state index in [1.807, 2.05) is 6.07 Å². The van der Waals surface area contributed by atoms with Gasteiger partial charge in [0.2, 0.25) is 0 Å². The molecule has 2 aromatic rings. The Bertz CT molecular complexity index is 556. The van der Waals surface area contributed by atoms with Crippen LogP contribution < -0.4 is 0 Å². The molecule has 0 spiro atoms. The predicted molar refractivity (Wildman–Crippen MR) is 79.5 cm³/mol.